The zero-order valence-corrected chi connectivity index (χ0v) is 14.9. The molecular weight excluding hydrogens is 314 g/mol. The van der Waals surface area contributed by atoms with E-state index in [0.29, 0.717) is 6.61 Å². The van der Waals surface area contributed by atoms with Crippen molar-refractivity contribution in [1.82, 2.24) is 5.32 Å². The summed E-state index contributed by atoms with van der Waals surface area (Å²) in [7, 11) is 6.28. The summed E-state index contributed by atoms with van der Waals surface area (Å²) in [6.45, 7) is 1.31. The number of amides is 1. The summed E-state index contributed by atoms with van der Waals surface area (Å²) in [5.41, 5.74) is 0.543. The molecule has 25 heavy (non-hydrogen) atoms. The van der Waals surface area contributed by atoms with Gasteiger partial charge in [-0.05, 0) is 11.1 Å². The Balaban J connectivity index is 1.96. The Morgan fingerprint density at radius 3 is 1.96 bits per heavy atom. The molecule has 0 aromatic heterocycles. The van der Waals surface area contributed by atoms with Crippen molar-refractivity contribution in [3.63, 3.8) is 0 Å². The first-order valence-corrected chi connectivity index (χ1v) is 8.37. The average molecular weight is 338 g/mol. The lowest BCUT2D eigenvalue weighted by Crippen LogP contribution is -2.40. The van der Waals surface area contributed by atoms with Gasteiger partial charge in [-0.1, -0.05) is 60.7 Å². The van der Waals surface area contributed by atoms with E-state index in [1.165, 1.54) is 0 Å². The number of hydrogen-bond donors (Lipinski definition) is 1. The van der Waals surface area contributed by atoms with Crippen LogP contribution in [0, 0.1) is 0 Å². The second kappa shape index (κ2) is 6.69. The van der Waals surface area contributed by atoms with Gasteiger partial charge in [0.15, 0.2) is 5.54 Å². The number of hydrogen-bond acceptors (Lipinski definition) is 3. The highest BCUT2D eigenvalue weighted by Gasteiger charge is 2.47. The Labute approximate surface area is 148 Å². The highest BCUT2D eigenvalue weighted by atomic mass is 16.5. The third-order valence-electron chi connectivity index (χ3n) is 4.20. The molecule has 0 atom stereocenters. The lowest BCUT2D eigenvalue weighted by atomic mass is 9.83. The highest BCUT2D eigenvalue weighted by Crippen LogP contribution is 2.36. The van der Waals surface area contributed by atoms with E-state index in [2.05, 4.69) is 31.5 Å². The van der Waals surface area contributed by atoms with Crippen LogP contribution in [0.25, 0.3) is 0 Å². The van der Waals surface area contributed by atoms with Crippen LogP contribution in [0.15, 0.2) is 65.7 Å². The molecule has 2 aromatic rings. The molecule has 0 saturated carbocycles. The van der Waals surface area contributed by atoms with Gasteiger partial charge in [0.25, 0.3) is 11.9 Å². The molecule has 1 aliphatic rings. The minimum absolute atomic E-state index is 0.190. The molecule has 0 fully saturated rings. The summed E-state index contributed by atoms with van der Waals surface area (Å²) < 4.78 is 6.53. The summed E-state index contributed by atoms with van der Waals surface area (Å²) in [6.07, 6.45) is 0. The Morgan fingerprint density at radius 2 is 1.48 bits per heavy atom. The molecular formula is C20H24N3O2+. The van der Waals surface area contributed by atoms with E-state index < -0.39 is 5.54 Å². The summed E-state index contributed by atoms with van der Waals surface area (Å²) in [5, 5.41) is 2.81. The fraction of sp³-hybridized carbons (Fsp3) is 0.300. The molecule has 5 heteroatoms. The normalized spacial score (nSPS) is 16.3. The van der Waals surface area contributed by atoms with E-state index in [-0.39, 0.29) is 11.9 Å². The second-order valence-corrected chi connectivity index (χ2v) is 7.18. The van der Waals surface area contributed by atoms with Crippen LogP contribution in [0.5, 0.6) is 0 Å². The third kappa shape index (κ3) is 3.56. The summed E-state index contributed by atoms with van der Waals surface area (Å²) >= 11 is 0. The Bertz CT molecular complexity index is 725. The molecule has 0 aliphatic carbocycles. The second-order valence-electron chi connectivity index (χ2n) is 7.18. The maximum atomic E-state index is 13.0. The third-order valence-corrected chi connectivity index (χ3v) is 4.20. The molecule has 1 N–H and O–H groups in total. The standard InChI is InChI=1S/C20H23N3O2/c1-23(2,3)14-15-25-19-21-18(24)20(22-19,16-10-6-4-7-11-16)17-12-8-5-9-13-17/h4-13H,14-15H2,1-3H3/p+1. The smallest absolute Gasteiger partial charge is 0.293 e. The van der Waals surface area contributed by atoms with Gasteiger partial charge in [0.1, 0.15) is 13.2 Å². The van der Waals surface area contributed by atoms with Crippen molar-refractivity contribution in [3.05, 3.63) is 71.8 Å². The van der Waals surface area contributed by atoms with Crippen LogP contribution in [0.1, 0.15) is 11.1 Å². The van der Waals surface area contributed by atoms with Crippen molar-refractivity contribution in [2.75, 3.05) is 34.3 Å². The lowest BCUT2D eigenvalue weighted by Gasteiger charge is -2.24. The number of carbonyl (C=O) groups excluding carboxylic acids is 1. The van der Waals surface area contributed by atoms with Crippen LogP contribution in [0.4, 0.5) is 0 Å². The van der Waals surface area contributed by atoms with Crippen LogP contribution in [-0.2, 0) is 15.1 Å². The van der Waals surface area contributed by atoms with Crippen LogP contribution < -0.4 is 5.32 Å². The number of amidine groups is 1. The molecule has 1 amide bonds. The van der Waals surface area contributed by atoms with Crippen molar-refractivity contribution in [1.29, 1.82) is 0 Å². The number of ether oxygens (including phenoxy) is 1. The zero-order valence-electron chi connectivity index (χ0n) is 14.9. The topological polar surface area (TPSA) is 50.7 Å². The van der Waals surface area contributed by atoms with Crippen LogP contribution >= 0.6 is 0 Å². The molecule has 1 heterocycles. The van der Waals surface area contributed by atoms with Gasteiger partial charge in [0.05, 0.1) is 21.1 Å². The van der Waals surface area contributed by atoms with Gasteiger partial charge in [0.2, 0.25) is 0 Å². The van der Waals surface area contributed by atoms with Crippen LogP contribution in [-0.4, -0.2) is 50.7 Å². The number of likely N-dealkylation sites (N-methyl/N-ethyl adjacent to an activating group) is 1. The molecule has 0 saturated heterocycles. The first-order chi connectivity index (χ1) is 11.9. The maximum absolute atomic E-state index is 13.0. The number of rotatable bonds is 5. The summed E-state index contributed by atoms with van der Waals surface area (Å²) in [5.74, 6) is -0.190. The van der Waals surface area contributed by atoms with E-state index in [1.807, 2.05) is 60.7 Å². The van der Waals surface area contributed by atoms with Gasteiger partial charge in [-0.15, -0.1) is 0 Å². The number of carbonyl (C=O) groups is 1. The van der Waals surface area contributed by atoms with Crippen molar-refractivity contribution in [2.24, 2.45) is 4.99 Å². The molecule has 2 aromatic carbocycles. The minimum Gasteiger partial charge on any atom is -0.459 e. The van der Waals surface area contributed by atoms with E-state index in [0.717, 1.165) is 22.2 Å². The number of aliphatic imine (C=N–C) groups is 1. The van der Waals surface area contributed by atoms with Gasteiger partial charge < -0.3 is 9.22 Å². The lowest BCUT2D eigenvalue weighted by molar-refractivity contribution is -0.870. The molecule has 130 valence electrons. The van der Waals surface area contributed by atoms with Crippen molar-refractivity contribution < 1.29 is 14.0 Å². The van der Waals surface area contributed by atoms with Gasteiger partial charge in [-0.2, -0.15) is 0 Å². The first kappa shape index (κ1) is 17.2. The predicted molar refractivity (Wildman–Crippen MR) is 98.1 cm³/mol. The minimum atomic E-state index is -1.10. The Kier molecular flexibility index (Phi) is 4.59. The summed E-state index contributed by atoms with van der Waals surface area (Å²) in [4.78, 5) is 17.6. The number of nitrogens with zero attached hydrogens (tertiary/aromatic N) is 2. The molecule has 0 spiro atoms. The van der Waals surface area contributed by atoms with Crippen LogP contribution in [0.2, 0.25) is 0 Å². The van der Waals surface area contributed by atoms with Crippen molar-refractivity contribution >= 4 is 11.9 Å². The zero-order chi connectivity index (χ0) is 17.9. The monoisotopic (exact) mass is 338 g/mol. The molecule has 0 radical (unpaired) electrons. The first-order valence-electron chi connectivity index (χ1n) is 8.37. The maximum Gasteiger partial charge on any atom is 0.293 e. The van der Waals surface area contributed by atoms with Crippen LogP contribution in [0.3, 0.4) is 0 Å². The summed E-state index contributed by atoms with van der Waals surface area (Å²) in [6, 6.07) is 19.5. The number of quaternary nitrogens is 1. The van der Waals surface area contributed by atoms with Gasteiger partial charge in [-0.3, -0.25) is 10.1 Å². The average Bonchev–Trinajstić information content (AvgIpc) is 2.93. The molecule has 5 nitrogen and oxygen atoms in total. The predicted octanol–water partition coefficient (Wildman–Crippen LogP) is 2.14. The van der Waals surface area contributed by atoms with E-state index in [4.69, 9.17) is 4.74 Å². The highest BCUT2D eigenvalue weighted by molar-refractivity contribution is 6.07. The van der Waals surface area contributed by atoms with Crippen molar-refractivity contribution in [2.45, 2.75) is 5.54 Å². The van der Waals surface area contributed by atoms with E-state index >= 15 is 0 Å². The van der Waals surface area contributed by atoms with Gasteiger partial charge >= 0.3 is 0 Å². The van der Waals surface area contributed by atoms with Gasteiger partial charge in [0, 0.05) is 0 Å². The van der Waals surface area contributed by atoms with E-state index in [9.17, 15) is 4.79 Å². The number of benzene rings is 2. The fourth-order valence-corrected chi connectivity index (χ4v) is 2.82. The molecule has 1 aliphatic heterocycles. The SMILES string of the molecule is C[N+](C)(C)CCOC1=NC(c2ccccc2)(c2ccccc2)C(=O)N1. The Hall–Kier alpha value is -2.66. The fourth-order valence-electron chi connectivity index (χ4n) is 2.82. The Morgan fingerprint density at radius 1 is 0.960 bits per heavy atom. The quantitative estimate of drug-likeness (QED) is 0.849. The number of nitrogens with one attached hydrogen (secondary N) is 1. The molecule has 0 bridgehead atoms. The largest absolute Gasteiger partial charge is 0.459 e. The molecule has 3 rings (SSSR count). The molecule has 0 unspecified atom stereocenters. The van der Waals surface area contributed by atoms with Crippen molar-refractivity contribution in [3.8, 4) is 0 Å². The van der Waals surface area contributed by atoms with Gasteiger partial charge in [-0.25, -0.2) is 4.99 Å². The van der Waals surface area contributed by atoms with E-state index in [1.54, 1.807) is 0 Å².